The molecule has 0 aromatic rings. The standard InChI is InChI=1S/C18H30N4O6S/c1-11(2)13(20-15(23)9-12-10-16(24)21-17(12)25)6-8-22(3)18(26)14-5-4-7-19-29(14,27)28/h11-14,19H,4-10H2,1-3H3,(H,20,23)(H,21,24,25). The summed E-state index contributed by atoms with van der Waals surface area (Å²) in [5.41, 5.74) is 0. The highest BCUT2D eigenvalue weighted by molar-refractivity contribution is 7.90. The average Bonchev–Trinajstić information content (AvgIpc) is 2.94. The molecule has 3 N–H and O–H groups in total. The van der Waals surface area contributed by atoms with Gasteiger partial charge in [-0.25, -0.2) is 13.1 Å². The molecule has 0 saturated carbocycles. The Morgan fingerprint density at radius 2 is 1.97 bits per heavy atom. The van der Waals surface area contributed by atoms with Crippen LogP contribution in [0, 0.1) is 11.8 Å². The summed E-state index contributed by atoms with van der Waals surface area (Å²) >= 11 is 0. The molecule has 3 unspecified atom stereocenters. The second kappa shape index (κ2) is 9.66. The van der Waals surface area contributed by atoms with Gasteiger partial charge in [-0.3, -0.25) is 24.5 Å². The van der Waals surface area contributed by atoms with Gasteiger partial charge >= 0.3 is 0 Å². The zero-order valence-electron chi connectivity index (χ0n) is 17.1. The van der Waals surface area contributed by atoms with Crippen molar-refractivity contribution in [3.8, 4) is 0 Å². The molecule has 0 aliphatic carbocycles. The summed E-state index contributed by atoms with van der Waals surface area (Å²) in [4.78, 5) is 49.1. The van der Waals surface area contributed by atoms with Crippen molar-refractivity contribution in [2.75, 3.05) is 20.1 Å². The number of carbonyl (C=O) groups excluding carboxylic acids is 4. The maximum atomic E-state index is 12.6. The van der Waals surface area contributed by atoms with Crippen molar-refractivity contribution < 1.29 is 27.6 Å². The molecule has 4 amide bonds. The number of amides is 4. The maximum absolute atomic E-state index is 12.6. The monoisotopic (exact) mass is 430 g/mol. The predicted molar refractivity (Wildman–Crippen MR) is 105 cm³/mol. The first-order valence-electron chi connectivity index (χ1n) is 9.87. The van der Waals surface area contributed by atoms with Crippen molar-refractivity contribution in [3.05, 3.63) is 0 Å². The van der Waals surface area contributed by atoms with Crippen LogP contribution in [0.1, 0.15) is 46.0 Å². The molecule has 29 heavy (non-hydrogen) atoms. The Balaban J connectivity index is 1.88. The third-order valence-electron chi connectivity index (χ3n) is 5.40. The second-order valence-corrected chi connectivity index (χ2v) is 10.0. The Hall–Kier alpha value is -2.01. The lowest BCUT2D eigenvalue weighted by atomic mass is 9.98. The predicted octanol–water partition coefficient (Wildman–Crippen LogP) is -0.890. The van der Waals surface area contributed by atoms with Crippen LogP contribution in [-0.4, -0.2) is 68.4 Å². The van der Waals surface area contributed by atoms with Gasteiger partial charge in [0.1, 0.15) is 0 Å². The minimum Gasteiger partial charge on any atom is -0.353 e. The van der Waals surface area contributed by atoms with E-state index in [-0.39, 0.29) is 43.2 Å². The topological polar surface area (TPSA) is 142 Å². The van der Waals surface area contributed by atoms with Crippen LogP contribution < -0.4 is 15.4 Å². The summed E-state index contributed by atoms with van der Waals surface area (Å²) in [5, 5.41) is 3.98. The fraction of sp³-hybridized carbons (Fsp3) is 0.778. The van der Waals surface area contributed by atoms with E-state index in [0.29, 0.717) is 25.8 Å². The van der Waals surface area contributed by atoms with E-state index >= 15 is 0 Å². The number of sulfonamides is 1. The minimum absolute atomic E-state index is 0.0136. The number of rotatable bonds is 8. The molecule has 2 aliphatic heterocycles. The zero-order chi connectivity index (χ0) is 21.8. The number of hydrogen-bond acceptors (Lipinski definition) is 6. The number of nitrogens with one attached hydrogen (secondary N) is 3. The molecule has 0 radical (unpaired) electrons. The summed E-state index contributed by atoms with van der Waals surface area (Å²) in [7, 11) is -2.09. The minimum atomic E-state index is -3.64. The third kappa shape index (κ3) is 6.23. The SMILES string of the molecule is CC(C)C(CCN(C)C(=O)C1CCCNS1(=O)=O)NC(=O)CC1CC(=O)NC1=O. The van der Waals surface area contributed by atoms with Crippen LogP contribution >= 0.6 is 0 Å². The lowest BCUT2D eigenvalue weighted by molar-refractivity contribution is -0.130. The average molecular weight is 431 g/mol. The van der Waals surface area contributed by atoms with Crippen LogP contribution in [0.25, 0.3) is 0 Å². The van der Waals surface area contributed by atoms with Crippen molar-refractivity contribution in [1.29, 1.82) is 0 Å². The van der Waals surface area contributed by atoms with Crippen LogP contribution in [0.4, 0.5) is 0 Å². The first kappa shape index (κ1) is 23.3. The van der Waals surface area contributed by atoms with Crippen LogP contribution in [0.3, 0.4) is 0 Å². The van der Waals surface area contributed by atoms with Crippen molar-refractivity contribution >= 4 is 33.7 Å². The molecule has 164 valence electrons. The Morgan fingerprint density at radius 1 is 1.28 bits per heavy atom. The molecule has 3 atom stereocenters. The molecule has 10 nitrogen and oxygen atoms in total. The maximum Gasteiger partial charge on any atom is 0.242 e. The highest BCUT2D eigenvalue weighted by Gasteiger charge is 2.37. The number of nitrogens with zero attached hydrogens (tertiary/aromatic N) is 1. The Bertz CT molecular complexity index is 766. The first-order valence-corrected chi connectivity index (χ1v) is 11.4. The smallest absolute Gasteiger partial charge is 0.242 e. The van der Waals surface area contributed by atoms with E-state index in [9.17, 15) is 27.6 Å². The van der Waals surface area contributed by atoms with E-state index < -0.39 is 33.0 Å². The van der Waals surface area contributed by atoms with Gasteiger partial charge in [0, 0.05) is 39.0 Å². The fourth-order valence-electron chi connectivity index (χ4n) is 3.54. The molecule has 2 fully saturated rings. The number of imide groups is 1. The van der Waals surface area contributed by atoms with E-state index in [1.165, 1.54) is 4.90 Å². The fourth-order valence-corrected chi connectivity index (χ4v) is 5.09. The van der Waals surface area contributed by atoms with Gasteiger partial charge < -0.3 is 10.2 Å². The van der Waals surface area contributed by atoms with E-state index in [1.54, 1.807) is 7.05 Å². The van der Waals surface area contributed by atoms with Crippen LogP contribution in [0.2, 0.25) is 0 Å². The van der Waals surface area contributed by atoms with Gasteiger partial charge in [0.2, 0.25) is 33.7 Å². The van der Waals surface area contributed by atoms with Crippen LogP contribution in [0.15, 0.2) is 0 Å². The van der Waals surface area contributed by atoms with E-state index in [0.717, 1.165) is 0 Å². The van der Waals surface area contributed by atoms with E-state index in [1.807, 2.05) is 13.8 Å². The lowest BCUT2D eigenvalue weighted by Crippen LogP contribution is -2.50. The Labute approximate surface area is 171 Å². The van der Waals surface area contributed by atoms with Crippen molar-refractivity contribution in [1.82, 2.24) is 20.3 Å². The van der Waals surface area contributed by atoms with Crippen LogP contribution in [0.5, 0.6) is 0 Å². The third-order valence-corrected chi connectivity index (χ3v) is 7.19. The molecule has 2 rings (SSSR count). The van der Waals surface area contributed by atoms with Gasteiger partial charge in [-0.1, -0.05) is 13.8 Å². The molecular formula is C18H30N4O6S. The van der Waals surface area contributed by atoms with Gasteiger partial charge in [0.15, 0.2) is 5.25 Å². The molecule has 2 aliphatic rings. The van der Waals surface area contributed by atoms with Gasteiger partial charge in [0.05, 0.1) is 5.92 Å². The lowest BCUT2D eigenvalue weighted by Gasteiger charge is -2.29. The van der Waals surface area contributed by atoms with Crippen LogP contribution in [-0.2, 0) is 29.2 Å². The van der Waals surface area contributed by atoms with Gasteiger partial charge in [-0.15, -0.1) is 0 Å². The van der Waals surface area contributed by atoms with Crippen molar-refractivity contribution in [3.63, 3.8) is 0 Å². The summed E-state index contributed by atoms with van der Waals surface area (Å²) in [6.07, 6.45) is 1.30. The Morgan fingerprint density at radius 3 is 2.52 bits per heavy atom. The normalized spacial score (nSPS) is 24.8. The van der Waals surface area contributed by atoms with E-state index in [2.05, 4.69) is 15.4 Å². The molecule has 11 heteroatoms. The number of carbonyl (C=O) groups is 4. The van der Waals surface area contributed by atoms with Crippen molar-refractivity contribution in [2.45, 2.75) is 57.2 Å². The second-order valence-electron chi connectivity index (χ2n) is 8.05. The summed E-state index contributed by atoms with van der Waals surface area (Å²) in [6, 6.07) is -0.251. The summed E-state index contributed by atoms with van der Waals surface area (Å²) in [5.74, 6) is -2.16. The van der Waals surface area contributed by atoms with Gasteiger partial charge in [-0.2, -0.15) is 0 Å². The largest absolute Gasteiger partial charge is 0.353 e. The summed E-state index contributed by atoms with van der Waals surface area (Å²) < 4.78 is 26.5. The molecule has 0 aromatic carbocycles. The number of hydrogen-bond donors (Lipinski definition) is 3. The van der Waals surface area contributed by atoms with Gasteiger partial charge in [0.25, 0.3) is 0 Å². The highest BCUT2D eigenvalue weighted by atomic mass is 32.2. The quantitative estimate of drug-likeness (QED) is 0.427. The summed E-state index contributed by atoms with van der Waals surface area (Å²) in [6.45, 7) is 4.49. The molecular weight excluding hydrogens is 400 g/mol. The van der Waals surface area contributed by atoms with E-state index in [4.69, 9.17) is 0 Å². The molecule has 0 spiro atoms. The molecule has 0 bridgehead atoms. The Kier molecular flexibility index (Phi) is 7.75. The van der Waals surface area contributed by atoms with Crippen molar-refractivity contribution in [2.24, 2.45) is 11.8 Å². The molecule has 0 aromatic heterocycles. The zero-order valence-corrected chi connectivity index (χ0v) is 17.9. The highest BCUT2D eigenvalue weighted by Crippen LogP contribution is 2.17. The van der Waals surface area contributed by atoms with Gasteiger partial charge in [-0.05, 0) is 25.2 Å². The molecule has 2 saturated heterocycles. The molecule has 2 heterocycles. The first-order chi connectivity index (χ1) is 13.5.